The van der Waals surface area contributed by atoms with Crippen molar-refractivity contribution < 1.29 is 47.7 Å². The number of aromatic nitrogens is 4. The van der Waals surface area contributed by atoms with Crippen molar-refractivity contribution in [3.05, 3.63) is 310 Å². The number of nitrogens with zero attached hydrogens (tertiary/aromatic N) is 9. The Hall–Kier alpha value is -10.4. The van der Waals surface area contributed by atoms with Crippen molar-refractivity contribution in [2.45, 2.75) is 138 Å². The quantitative estimate of drug-likeness (QED) is 0.0940. The van der Waals surface area contributed by atoms with Gasteiger partial charge in [-0.25, -0.2) is 9.69 Å². The Bertz CT molecular complexity index is 4740. The summed E-state index contributed by atoms with van der Waals surface area (Å²) in [6, 6.07) is 62.6. The minimum atomic E-state index is -0.985. The molecule has 8 aromatic rings. The Balaban J connectivity index is 0.000000130. The number of alkyl halides is 1. The molecule has 2 spiro atoms. The van der Waals surface area contributed by atoms with Crippen LogP contribution in [0.3, 0.4) is 0 Å². The van der Waals surface area contributed by atoms with Gasteiger partial charge >= 0.3 is 0 Å². The predicted molar refractivity (Wildman–Crippen MR) is 442 cm³/mol. The summed E-state index contributed by atoms with van der Waals surface area (Å²) in [4.78, 5) is 110. The van der Waals surface area contributed by atoms with Gasteiger partial charge in [0.1, 0.15) is 0 Å². The monoisotopic (exact) mass is 1600 g/mol. The van der Waals surface area contributed by atoms with E-state index in [0.29, 0.717) is 77.9 Å². The maximum atomic E-state index is 14.1. The number of amides is 4. The molecule has 18 rings (SSSR count). The Morgan fingerprint density at radius 1 is 0.414 bits per heavy atom. The van der Waals surface area contributed by atoms with Gasteiger partial charge in [0.15, 0.2) is 23.1 Å². The second-order valence-corrected chi connectivity index (χ2v) is 32.0. The molecule has 1 N–H and O–H groups in total. The Morgan fingerprint density at radius 3 is 1.09 bits per heavy atom. The number of pyridine rings is 4. The van der Waals surface area contributed by atoms with E-state index in [-0.39, 0.29) is 106 Å². The van der Waals surface area contributed by atoms with Gasteiger partial charge in [0, 0.05) is 87.5 Å². The van der Waals surface area contributed by atoms with Crippen LogP contribution in [0.1, 0.15) is 124 Å². The highest BCUT2D eigenvalue weighted by molar-refractivity contribution is 6.16. The van der Waals surface area contributed by atoms with Crippen LogP contribution in [-0.4, -0.2) is 134 Å². The van der Waals surface area contributed by atoms with E-state index in [0.717, 1.165) is 96.6 Å². The number of halogens is 2. The molecule has 4 aromatic heterocycles. The summed E-state index contributed by atoms with van der Waals surface area (Å²) in [6.07, 6.45) is 16.7. The maximum Gasteiger partial charge on any atom is 0.236 e. The second kappa shape index (κ2) is 36.4. The molecule has 20 nitrogen and oxygen atoms in total. The number of hydrogen-bond donors (Lipinski definition) is 1. The molecule has 4 aromatic carbocycles. The van der Waals surface area contributed by atoms with E-state index >= 15 is 0 Å². The van der Waals surface area contributed by atoms with E-state index in [9.17, 15) is 28.8 Å². The van der Waals surface area contributed by atoms with Crippen LogP contribution in [0.4, 0.5) is 0 Å². The minimum Gasteiger partial charge on any atom is -0.355 e. The highest BCUT2D eigenvalue weighted by Crippen LogP contribution is 2.59. The number of ether oxygens (including phenoxy) is 4. The summed E-state index contributed by atoms with van der Waals surface area (Å²) in [6.45, 7) is 29.7. The van der Waals surface area contributed by atoms with Crippen molar-refractivity contribution in [3.63, 3.8) is 0 Å². The fourth-order valence-corrected chi connectivity index (χ4v) is 20.7. The van der Waals surface area contributed by atoms with Crippen molar-refractivity contribution >= 4 is 59.2 Å². The van der Waals surface area contributed by atoms with Gasteiger partial charge in [0.05, 0.1) is 110 Å². The smallest absolute Gasteiger partial charge is 0.236 e. The highest BCUT2D eigenvalue weighted by atomic mass is 35.5. The first kappa shape index (κ1) is 83.5. The van der Waals surface area contributed by atoms with Gasteiger partial charge in [0.25, 0.3) is 0 Å². The van der Waals surface area contributed by atoms with Crippen LogP contribution in [0.2, 0.25) is 0 Å². The summed E-state index contributed by atoms with van der Waals surface area (Å²) < 4.78 is 24.3. The fraction of sp³-hybridized carbons (Fsp3) is 0.404. The molecule has 22 heteroatoms. The van der Waals surface area contributed by atoms with Gasteiger partial charge in [-0.2, -0.15) is 0 Å². The summed E-state index contributed by atoms with van der Waals surface area (Å²) >= 11 is 5.46. The standard InChI is InChI=1S/C24H28N2O3.2C23H21N3O2.C18H23NO3.C6H6ClN.ClH/c1-18-21-10-14-26(17-20-9-5-6-13-25-20)22(27)23(21,19-7-3-2-4-8-19)11-12-24(18)28-15-16-29-24;2*1-16-19-11-13-26(15-18-10-6-7-12-25-18)22(28)23(19,14-20(24-2)21(16)27)17-8-4-3-5-9-17;1-13-15-7-10-19-16(20)17(15,14-5-3-2-4-6-14)8-9-18(13)21-11-12-22-18;7-5-6-3-1-2-4-8-6;/h2-9,13,18,21H,10-12,14-17H2,1H3;2*3-10,12,14,16,19H,11,13,15H2,1H3;2-6,13,15H,7-12H2,1H3,(H,19,20);1-4H,5H2;1H/t18-,21-,23+;2*16-,19-,23+;13-,15-,17+;;/m0100../s1. The molecule has 0 bridgehead atoms. The number of hydrogen-bond acceptors (Lipinski definition) is 14. The summed E-state index contributed by atoms with van der Waals surface area (Å²) in [5, 5.41) is 3.10. The van der Waals surface area contributed by atoms with Gasteiger partial charge in [-0.15, -0.1) is 24.0 Å². The summed E-state index contributed by atoms with van der Waals surface area (Å²) in [5.41, 5.74) is 4.68. The van der Waals surface area contributed by atoms with Crippen LogP contribution in [0.15, 0.2) is 242 Å². The lowest BCUT2D eigenvalue weighted by molar-refractivity contribution is -0.239. The average molecular weight is 1600 g/mol. The van der Waals surface area contributed by atoms with Crippen molar-refractivity contribution in [2.24, 2.45) is 47.3 Å². The third-order valence-electron chi connectivity index (χ3n) is 26.2. The Morgan fingerprint density at radius 2 is 0.741 bits per heavy atom. The zero-order valence-corrected chi connectivity index (χ0v) is 67.7. The van der Waals surface area contributed by atoms with Gasteiger partial charge in [-0.1, -0.05) is 185 Å². The number of allylic oxidation sites excluding steroid dienone is 2. The van der Waals surface area contributed by atoms with Crippen molar-refractivity contribution in [1.82, 2.24) is 40.0 Å². The van der Waals surface area contributed by atoms with E-state index in [4.69, 9.17) is 43.7 Å². The van der Waals surface area contributed by atoms with Crippen molar-refractivity contribution in [2.75, 3.05) is 52.6 Å². The molecule has 6 saturated heterocycles. The average Bonchev–Trinajstić information content (AvgIpc) is 1.06. The third kappa shape index (κ3) is 15.8. The van der Waals surface area contributed by atoms with Crippen LogP contribution in [-0.2, 0) is 94.9 Å². The van der Waals surface area contributed by atoms with Gasteiger partial charge < -0.3 is 48.6 Å². The first-order chi connectivity index (χ1) is 55.9. The number of carbonyl (C=O) groups is 6. The molecule has 116 heavy (non-hydrogen) atoms. The maximum absolute atomic E-state index is 14.1. The minimum absolute atomic E-state index is 0. The number of Topliss-reactive ketones (excluding diaryl/α,β-unsaturated/α-hetero) is 2. The summed E-state index contributed by atoms with van der Waals surface area (Å²) in [7, 11) is 0. The molecule has 4 amide bonds. The predicted octanol–water partition coefficient (Wildman–Crippen LogP) is 14.8. The SMILES string of the molecule is C[C@H]1[C@@H]2CCN(Cc3ccccn3)C(=O)[C@@]2(c2ccccc2)CCC12OCCO2.C[C@H]1[C@@H]2CCNC(=O)[C@@]2(c2ccccc2)CCC12OCCO2.Cl.ClCc1ccccn1.[C-]#[N+]C1=C[C@@]2(c3ccccc3)C(=O)N(Cc3ccccn3)CC[C@@H]2[C@@H](C)C1=O.[C-]#[N+]C1=C[C@]2(c3ccccc3)C(=O)N(Cc3ccccn3)CC[C@H]2[C@H](C)C1=O. The fourth-order valence-electron chi connectivity index (χ4n) is 20.5. The number of nitrogens with one attached hydrogen (secondary N) is 1. The van der Waals surface area contributed by atoms with E-state index < -0.39 is 33.2 Å². The second-order valence-electron chi connectivity index (χ2n) is 31.8. The Kier molecular flexibility index (Phi) is 26.2. The van der Waals surface area contributed by atoms with E-state index in [1.807, 2.05) is 198 Å². The molecule has 10 heterocycles. The van der Waals surface area contributed by atoms with Crippen LogP contribution in [0, 0.1) is 60.5 Å². The molecule has 4 aliphatic carbocycles. The summed E-state index contributed by atoms with van der Waals surface area (Å²) in [5.74, 6) is -0.702. The van der Waals surface area contributed by atoms with Crippen LogP contribution < -0.4 is 5.32 Å². The van der Waals surface area contributed by atoms with Crippen molar-refractivity contribution in [1.29, 1.82) is 0 Å². The van der Waals surface area contributed by atoms with E-state index in [1.165, 1.54) is 0 Å². The number of fused-ring (bicyclic) bond motifs is 4. The zero-order valence-electron chi connectivity index (χ0n) is 66.1. The van der Waals surface area contributed by atoms with E-state index in [2.05, 4.69) is 73.1 Å². The number of likely N-dealkylation sites (tertiary alicyclic amines) is 3. The Labute approximate surface area is 690 Å². The molecule has 8 fully saturated rings. The molecule has 12 atom stereocenters. The molecule has 0 unspecified atom stereocenters. The third-order valence-corrected chi connectivity index (χ3v) is 26.5. The van der Waals surface area contributed by atoms with Gasteiger partial charge in [-0.3, -0.25) is 39.1 Å². The number of piperidine rings is 4. The molecule has 600 valence electrons. The van der Waals surface area contributed by atoms with Gasteiger partial charge in [0.2, 0.25) is 35.0 Å². The lowest BCUT2D eigenvalue weighted by Crippen LogP contribution is -2.64. The lowest BCUT2D eigenvalue weighted by Gasteiger charge is -2.56. The van der Waals surface area contributed by atoms with Crippen LogP contribution >= 0.6 is 24.0 Å². The molecule has 0 radical (unpaired) electrons. The number of carbonyl (C=O) groups excluding carboxylic acids is 6. The van der Waals surface area contributed by atoms with E-state index in [1.54, 1.807) is 36.9 Å². The molecule has 2 saturated carbocycles. The topological polar surface area (TPSA) is 221 Å². The number of ketones is 2. The highest BCUT2D eigenvalue weighted by Gasteiger charge is 2.65. The molecule has 10 aliphatic rings. The molecule has 6 aliphatic heterocycles. The first-order valence-corrected chi connectivity index (χ1v) is 40.9. The molecular weight excluding hydrogens is 1500 g/mol. The number of rotatable bonds is 11. The number of benzene rings is 4. The van der Waals surface area contributed by atoms with Gasteiger partial charge in [-0.05, 0) is 133 Å². The normalized spacial score (nSPS) is 28.4. The van der Waals surface area contributed by atoms with Crippen molar-refractivity contribution in [3.8, 4) is 0 Å². The lowest BCUT2D eigenvalue weighted by atomic mass is 9.54. The first-order valence-electron chi connectivity index (χ1n) is 40.3. The zero-order chi connectivity index (χ0) is 80.4. The molecular formula is C94H100Cl2N10O10. The van der Waals surface area contributed by atoms with Crippen LogP contribution in [0.25, 0.3) is 9.69 Å². The van der Waals surface area contributed by atoms with Crippen LogP contribution in [0.5, 0.6) is 0 Å². The largest absolute Gasteiger partial charge is 0.355 e.